The summed E-state index contributed by atoms with van der Waals surface area (Å²) >= 11 is 0. The Morgan fingerprint density at radius 3 is 2.56 bits per heavy atom. The Hall–Kier alpha value is -4.67. The van der Waals surface area contributed by atoms with Gasteiger partial charge in [0, 0.05) is 70.7 Å². The van der Waals surface area contributed by atoms with Crippen molar-refractivity contribution in [3.05, 3.63) is 48.9 Å². The molecule has 4 rings (SSSR count). The van der Waals surface area contributed by atoms with Gasteiger partial charge in [-0.15, -0.1) is 0 Å². The molecule has 2 aromatic carbocycles. The van der Waals surface area contributed by atoms with Gasteiger partial charge in [-0.2, -0.15) is 5.10 Å². The number of carbonyl (C=O) groups excluding carboxylic acids is 2. The van der Waals surface area contributed by atoms with E-state index >= 15 is 0 Å². The van der Waals surface area contributed by atoms with Crippen molar-refractivity contribution in [3.63, 3.8) is 0 Å². The molecule has 39 heavy (non-hydrogen) atoms. The molecule has 0 aliphatic rings. The van der Waals surface area contributed by atoms with Crippen molar-refractivity contribution in [1.82, 2.24) is 24.6 Å². The van der Waals surface area contributed by atoms with Gasteiger partial charge >= 0.3 is 0 Å². The largest absolute Gasteiger partial charge is 0.494 e. The first kappa shape index (κ1) is 27.4. The van der Waals surface area contributed by atoms with E-state index in [0.717, 1.165) is 27.8 Å². The minimum absolute atomic E-state index is 0.00962. The summed E-state index contributed by atoms with van der Waals surface area (Å²) in [4.78, 5) is 36.5. The van der Waals surface area contributed by atoms with E-state index in [1.807, 2.05) is 66.3 Å². The maximum atomic E-state index is 12.4. The molecule has 2 aromatic heterocycles. The van der Waals surface area contributed by atoms with Crippen LogP contribution in [0.25, 0.3) is 22.2 Å². The summed E-state index contributed by atoms with van der Waals surface area (Å²) in [6.07, 6.45) is 3.67. The van der Waals surface area contributed by atoms with Gasteiger partial charge < -0.3 is 25.2 Å². The van der Waals surface area contributed by atoms with Gasteiger partial charge in [-0.05, 0) is 18.2 Å². The fourth-order valence-electron chi connectivity index (χ4n) is 4.11. The number of carbonyl (C=O) groups is 2. The first-order chi connectivity index (χ1) is 18.7. The molecule has 204 valence electrons. The zero-order chi connectivity index (χ0) is 28.1. The van der Waals surface area contributed by atoms with E-state index in [2.05, 4.69) is 25.7 Å². The lowest BCUT2D eigenvalue weighted by Crippen LogP contribution is -2.33. The third kappa shape index (κ3) is 6.25. The Balaban J connectivity index is 1.65. The van der Waals surface area contributed by atoms with Crippen LogP contribution < -0.4 is 20.3 Å². The van der Waals surface area contributed by atoms with E-state index in [9.17, 15) is 9.59 Å². The molecule has 2 N–H and O–H groups in total. The van der Waals surface area contributed by atoms with Crippen molar-refractivity contribution in [2.75, 3.05) is 49.8 Å². The van der Waals surface area contributed by atoms with Gasteiger partial charge in [-0.25, -0.2) is 9.97 Å². The highest BCUT2D eigenvalue weighted by atomic mass is 16.5. The van der Waals surface area contributed by atoms with Gasteiger partial charge in [0.15, 0.2) is 0 Å². The normalized spacial score (nSPS) is 10.8. The molecule has 0 saturated carbocycles. The van der Waals surface area contributed by atoms with Gasteiger partial charge in [0.2, 0.25) is 11.8 Å². The molecular formula is C28H34N8O3. The summed E-state index contributed by atoms with van der Waals surface area (Å²) in [5, 5.41) is 11.6. The number of hydrogen-bond donors (Lipinski definition) is 2. The number of aryl methyl sites for hydroxylation is 1. The predicted molar refractivity (Wildman–Crippen MR) is 154 cm³/mol. The lowest BCUT2D eigenvalue weighted by molar-refractivity contribution is -0.127. The monoisotopic (exact) mass is 530 g/mol. The van der Waals surface area contributed by atoms with Crippen LogP contribution in [0.15, 0.2) is 48.9 Å². The molecule has 2 amide bonds. The number of methoxy groups -OCH3 is 1. The van der Waals surface area contributed by atoms with E-state index < -0.39 is 0 Å². The van der Waals surface area contributed by atoms with Crippen LogP contribution >= 0.6 is 0 Å². The topological polar surface area (TPSA) is 118 Å². The summed E-state index contributed by atoms with van der Waals surface area (Å²) in [6, 6.07) is 11.6. The van der Waals surface area contributed by atoms with Crippen LogP contribution in [0.2, 0.25) is 0 Å². The van der Waals surface area contributed by atoms with Gasteiger partial charge in [0.25, 0.3) is 0 Å². The Morgan fingerprint density at radius 1 is 1.05 bits per heavy atom. The van der Waals surface area contributed by atoms with Crippen LogP contribution in [0.4, 0.5) is 22.9 Å². The molecule has 2 heterocycles. The second kappa shape index (κ2) is 11.8. The van der Waals surface area contributed by atoms with Crippen molar-refractivity contribution in [2.24, 2.45) is 7.05 Å². The number of amides is 2. The maximum Gasteiger partial charge on any atom is 0.224 e. The molecule has 0 atom stereocenters. The highest BCUT2D eigenvalue weighted by Crippen LogP contribution is 2.38. The number of rotatable bonds is 10. The SMILES string of the molecule is CCC(=O)Nc1cc(Nc2cc(-c3ccc4c(cnn4C)c3)ncn2)c(OC)cc1N(C)CCN(C)C(C)=O. The molecule has 4 aromatic rings. The number of fused-ring (bicyclic) bond motifs is 1. The van der Waals surface area contributed by atoms with Gasteiger partial charge in [0.05, 0.1) is 41.6 Å². The number of anilines is 4. The molecule has 0 aliphatic heterocycles. The van der Waals surface area contributed by atoms with Crippen LogP contribution in [-0.2, 0) is 16.6 Å². The van der Waals surface area contributed by atoms with Crippen molar-refractivity contribution in [3.8, 4) is 17.0 Å². The number of hydrogen-bond acceptors (Lipinski definition) is 8. The minimum atomic E-state index is -0.114. The number of nitrogens with zero attached hydrogens (tertiary/aromatic N) is 6. The summed E-state index contributed by atoms with van der Waals surface area (Å²) in [5.41, 5.74) is 4.75. The minimum Gasteiger partial charge on any atom is -0.494 e. The van der Waals surface area contributed by atoms with Gasteiger partial charge in [0.1, 0.15) is 17.9 Å². The highest BCUT2D eigenvalue weighted by Gasteiger charge is 2.17. The zero-order valence-corrected chi connectivity index (χ0v) is 23.1. The lowest BCUT2D eigenvalue weighted by atomic mass is 10.1. The quantitative estimate of drug-likeness (QED) is 0.315. The number of nitrogens with one attached hydrogen (secondary N) is 2. The van der Waals surface area contributed by atoms with E-state index in [1.54, 1.807) is 26.0 Å². The molecule has 0 bridgehead atoms. The Morgan fingerprint density at radius 2 is 1.85 bits per heavy atom. The molecule has 11 nitrogen and oxygen atoms in total. The Bertz CT molecular complexity index is 1500. The standard InChI is InChI=1S/C28H34N8O3/c1-7-28(38)33-22-13-23(26(39-6)15-25(22)35(4)11-10-34(3)18(2)37)32-27-14-21(29-17-30-27)19-8-9-24-20(12-19)16-31-36(24)5/h8-9,12-17H,7,10-11H2,1-6H3,(H,33,38)(H,29,30,32). The average Bonchev–Trinajstić information content (AvgIpc) is 3.31. The van der Waals surface area contributed by atoms with Crippen molar-refractivity contribution < 1.29 is 14.3 Å². The van der Waals surface area contributed by atoms with E-state index in [0.29, 0.717) is 42.5 Å². The second-order valence-electron chi connectivity index (χ2n) is 9.29. The molecular weight excluding hydrogens is 496 g/mol. The Kier molecular flexibility index (Phi) is 8.28. The van der Waals surface area contributed by atoms with E-state index in [1.165, 1.54) is 13.3 Å². The number of benzene rings is 2. The maximum absolute atomic E-state index is 12.4. The van der Waals surface area contributed by atoms with Crippen molar-refractivity contribution >= 4 is 45.6 Å². The number of aromatic nitrogens is 4. The van der Waals surface area contributed by atoms with E-state index in [-0.39, 0.29) is 11.8 Å². The molecule has 0 aliphatic carbocycles. The number of ether oxygens (including phenoxy) is 1. The molecule has 11 heteroatoms. The fourth-order valence-corrected chi connectivity index (χ4v) is 4.11. The Labute approximate surface area is 227 Å². The van der Waals surface area contributed by atoms with E-state index in [4.69, 9.17) is 4.74 Å². The van der Waals surface area contributed by atoms with Gasteiger partial charge in [-0.1, -0.05) is 13.0 Å². The summed E-state index contributed by atoms with van der Waals surface area (Å²) in [6.45, 7) is 4.43. The third-order valence-electron chi connectivity index (χ3n) is 6.60. The fraction of sp³-hybridized carbons (Fsp3) is 0.321. The molecule has 0 spiro atoms. The van der Waals surface area contributed by atoms with Crippen LogP contribution in [0.3, 0.4) is 0 Å². The van der Waals surface area contributed by atoms with Crippen LogP contribution in [0.1, 0.15) is 20.3 Å². The number of likely N-dealkylation sites (N-methyl/N-ethyl adjacent to an activating group) is 2. The molecule has 0 fully saturated rings. The summed E-state index contributed by atoms with van der Waals surface area (Å²) < 4.78 is 7.53. The molecule has 0 unspecified atom stereocenters. The van der Waals surface area contributed by atoms with Crippen molar-refractivity contribution in [2.45, 2.75) is 20.3 Å². The van der Waals surface area contributed by atoms with Crippen LogP contribution in [0, 0.1) is 0 Å². The van der Waals surface area contributed by atoms with Gasteiger partial charge in [-0.3, -0.25) is 14.3 Å². The first-order valence-corrected chi connectivity index (χ1v) is 12.7. The molecule has 0 radical (unpaired) electrons. The average molecular weight is 531 g/mol. The predicted octanol–water partition coefficient (Wildman–Crippen LogP) is 4.05. The summed E-state index contributed by atoms with van der Waals surface area (Å²) in [5.74, 6) is 1.02. The first-order valence-electron chi connectivity index (χ1n) is 12.7. The van der Waals surface area contributed by atoms with Crippen LogP contribution in [0.5, 0.6) is 5.75 Å². The van der Waals surface area contributed by atoms with Crippen molar-refractivity contribution in [1.29, 1.82) is 0 Å². The summed E-state index contributed by atoms with van der Waals surface area (Å²) in [7, 11) is 7.17. The lowest BCUT2D eigenvalue weighted by Gasteiger charge is -2.26. The highest BCUT2D eigenvalue weighted by molar-refractivity contribution is 5.96. The zero-order valence-electron chi connectivity index (χ0n) is 23.1. The smallest absolute Gasteiger partial charge is 0.224 e. The molecule has 0 saturated heterocycles. The second-order valence-corrected chi connectivity index (χ2v) is 9.29. The third-order valence-corrected chi connectivity index (χ3v) is 6.60. The van der Waals surface area contributed by atoms with Crippen LogP contribution in [-0.4, -0.2) is 70.8 Å².